The Morgan fingerprint density at radius 1 is 1.26 bits per heavy atom. The van der Waals surface area contributed by atoms with Crippen molar-refractivity contribution in [2.24, 2.45) is 5.92 Å². The minimum absolute atomic E-state index is 0.0196. The quantitative estimate of drug-likeness (QED) is 0.821. The van der Waals surface area contributed by atoms with Crippen LogP contribution < -0.4 is 5.32 Å². The van der Waals surface area contributed by atoms with Crippen LogP contribution in [0.1, 0.15) is 40.3 Å². The van der Waals surface area contributed by atoms with E-state index in [1.165, 1.54) is 5.56 Å². The highest BCUT2D eigenvalue weighted by atomic mass is 16.2. The summed E-state index contributed by atoms with van der Waals surface area (Å²) in [6.45, 7) is 8.35. The number of amides is 2. The van der Waals surface area contributed by atoms with Crippen LogP contribution in [0.2, 0.25) is 0 Å². The van der Waals surface area contributed by atoms with Crippen molar-refractivity contribution < 1.29 is 9.59 Å². The fourth-order valence-electron chi connectivity index (χ4n) is 3.48. The number of piperidine rings is 1. The highest BCUT2D eigenvalue weighted by Gasteiger charge is 2.29. The second-order valence-electron chi connectivity index (χ2n) is 7.12. The molecule has 3 heterocycles. The lowest BCUT2D eigenvalue weighted by Crippen LogP contribution is -2.47. The Morgan fingerprint density at radius 2 is 2.07 bits per heavy atom. The highest BCUT2D eigenvalue weighted by molar-refractivity contribution is 5.96. The molecule has 0 bridgehead atoms. The zero-order chi connectivity index (χ0) is 19.4. The summed E-state index contributed by atoms with van der Waals surface area (Å²) in [5, 5.41) is 7.44. The maximum absolute atomic E-state index is 12.6. The Bertz CT molecular complexity index is 815. The fraction of sp³-hybridized carbons (Fsp3) is 0.500. The summed E-state index contributed by atoms with van der Waals surface area (Å²) in [5.41, 5.74) is 3.81. The number of hydrogen-bond donors (Lipinski definition) is 1. The molecule has 0 unspecified atom stereocenters. The SMILES string of the molecule is Cc1nn(CCNC(=O)N2CCC[C@H](C(=O)c3ccccn3)C2)c(C)c1C. The first-order valence-electron chi connectivity index (χ1n) is 9.46. The molecule has 2 aromatic heterocycles. The van der Waals surface area contributed by atoms with Crippen LogP contribution in [0.15, 0.2) is 24.4 Å². The Morgan fingerprint density at radius 3 is 2.74 bits per heavy atom. The van der Waals surface area contributed by atoms with Gasteiger partial charge in [-0.2, -0.15) is 5.10 Å². The molecule has 7 nitrogen and oxygen atoms in total. The normalized spacial score (nSPS) is 17.0. The van der Waals surface area contributed by atoms with Gasteiger partial charge in [-0.25, -0.2) is 4.79 Å². The molecule has 1 aliphatic heterocycles. The Hall–Kier alpha value is -2.70. The average molecular weight is 369 g/mol. The van der Waals surface area contributed by atoms with Crippen LogP contribution in [0, 0.1) is 26.7 Å². The largest absolute Gasteiger partial charge is 0.336 e. The van der Waals surface area contributed by atoms with Crippen LogP contribution in [0.3, 0.4) is 0 Å². The van der Waals surface area contributed by atoms with Crippen LogP contribution in [-0.4, -0.2) is 51.1 Å². The Balaban J connectivity index is 1.52. The zero-order valence-electron chi connectivity index (χ0n) is 16.2. The number of carbonyl (C=O) groups is 2. The van der Waals surface area contributed by atoms with E-state index in [9.17, 15) is 9.59 Å². The zero-order valence-corrected chi connectivity index (χ0v) is 16.2. The molecular weight excluding hydrogens is 342 g/mol. The third kappa shape index (κ3) is 4.35. The second kappa shape index (κ2) is 8.33. The predicted octanol–water partition coefficient (Wildman–Crippen LogP) is 2.51. The molecule has 0 aliphatic carbocycles. The number of nitrogens with zero attached hydrogens (tertiary/aromatic N) is 4. The lowest BCUT2D eigenvalue weighted by molar-refractivity contribution is 0.0840. The molecule has 1 N–H and O–H groups in total. The van der Waals surface area contributed by atoms with Crippen LogP contribution in [0.25, 0.3) is 0 Å². The summed E-state index contributed by atoms with van der Waals surface area (Å²) in [6, 6.07) is 5.22. The summed E-state index contributed by atoms with van der Waals surface area (Å²) >= 11 is 0. The third-order valence-corrected chi connectivity index (χ3v) is 5.34. The first kappa shape index (κ1) is 19.1. The molecule has 1 saturated heterocycles. The van der Waals surface area contributed by atoms with Crippen LogP contribution in [-0.2, 0) is 6.54 Å². The van der Waals surface area contributed by atoms with Gasteiger partial charge in [-0.3, -0.25) is 14.5 Å². The number of Topliss-reactive ketones (excluding diaryl/α,β-unsaturated/α-hetero) is 1. The van der Waals surface area contributed by atoms with Crippen molar-refractivity contribution in [1.82, 2.24) is 25.0 Å². The van der Waals surface area contributed by atoms with E-state index in [0.717, 1.165) is 24.2 Å². The van der Waals surface area contributed by atoms with Crippen molar-refractivity contribution in [3.05, 3.63) is 47.0 Å². The van der Waals surface area contributed by atoms with E-state index in [4.69, 9.17) is 0 Å². The summed E-state index contributed by atoms with van der Waals surface area (Å²) in [7, 11) is 0. The van der Waals surface area contributed by atoms with E-state index < -0.39 is 0 Å². The first-order chi connectivity index (χ1) is 13.0. The summed E-state index contributed by atoms with van der Waals surface area (Å²) in [4.78, 5) is 31.0. The van der Waals surface area contributed by atoms with E-state index in [1.54, 1.807) is 23.2 Å². The van der Waals surface area contributed by atoms with Gasteiger partial charge in [-0.1, -0.05) is 6.07 Å². The monoisotopic (exact) mass is 369 g/mol. The van der Waals surface area contributed by atoms with E-state index >= 15 is 0 Å². The Kier molecular flexibility index (Phi) is 5.88. The van der Waals surface area contributed by atoms with Crippen molar-refractivity contribution in [1.29, 1.82) is 0 Å². The van der Waals surface area contributed by atoms with E-state index in [1.807, 2.05) is 24.6 Å². The molecular formula is C20H27N5O2. The van der Waals surface area contributed by atoms with Gasteiger partial charge in [-0.05, 0) is 51.3 Å². The van der Waals surface area contributed by atoms with Crippen molar-refractivity contribution in [3.63, 3.8) is 0 Å². The van der Waals surface area contributed by atoms with E-state index in [2.05, 4.69) is 22.3 Å². The molecule has 0 radical (unpaired) electrons. The highest BCUT2D eigenvalue weighted by Crippen LogP contribution is 2.20. The van der Waals surface area contributed by atoms with Gasteiger partial charge in [0.15, 0.2) is 5.78 Å². The second-order valence-corrected chi connectivity index (χ2v) is 7.12. The Labute approximate surface area is 159 Å². The van der Waals surface area contributed by atoms with Gasteiger partial charge in [0, 0.05) is 37.4 Å². The molecule has 144 valence electrons. The molecule has 2 amide bonds. The van der Waals surface area contributed by atoms with Gasteiger partial charge in [0.1, 0.15) is 5.69 Å². The molecule has 2 aromatic rings. The number of aryl methyl sites for hydroxylation is 1. The standard InChI is InChI=1S/C20H27N5O2/c1-14-15(2)23-25(16(14)3)12-10-22-20(27)24-11-6-7-17(13-24)19(26)18-8-4-5-9-21-18/h4-5,8-9,17H,6-7,10-13H2,1-3H3,(H,22,27)/t17-/m0/s1. The van der Waals surface area contributed by atoms with Gasteiger partial charge < -0.3 is 10.2 Å². The summed E-state index contributed by atoms with van der Waals surface area (Å²) in [5.74, 6) is -0.163. The van der Waals surface area contributed by atoms with Crippen LogP contribution in [0.4, 0.5) is 4.79 Å². The lowest BCUT2D eigenvalue weighted by Gasteiger charge is -2.32. The average Bonchev–Trinajstić information content (AvgIpc) is 2.95. The number of pyridine rings is 1. The number of rotatable bonds is 5. The number of carbonyl (C=O) groups excluding carboxylic acids is 2. The van der Waals surface area contributed by atoms with Crippen molar-refractivity contribution >= 4 is 11.8 Å². The number of urea groups is 1. The molecule has 3 rings (SSSR count). The predicted molar refractivity (Wildman–Crippen MR) is 103 cm³/mol. The van der Waals surface area contributed by atoms with Gasteiger partial charge in [0.2, 0.25) is 0 Å². The lowest BCUT2D eigenvalue weighted by atomic mass is 9.92. The maximum Gasteiger partial charge on any atom is 0.317 e. The molecule has 1 atom stereocenters. The molecule has 1 aliphatic rings. The molecule has 7 heteroatoms. The van der Waals surface area contributed by atoms with Crippen molar-refractivity contribution in [3.8, 4) is 0 Å². The van der Waals surface area contributed by atoms with E-state index in [-0.39, 0.29) is 17.7 Å². The van der Waals surface area contributed by atoms with Gasteiger partial charge >= 0.3 is 6.03 Å². The number of nitrogens with one attached hydrogen (secondary N) is 1. The minimum atomic E-state index is -0.182. The van der Waals surface area contributed by atoms with Crippen molar-refractivity contribution in [2.75, 3.05) is 19.6 Å². The smallest absolute Gasteiger partial charge is 0.317 e. The molecule has 0 saturated carbocycles. The van der Waals surface area contributed by atoms with Gasteiger partial charge in [-0.15, -0.1) is 0 Å². The summed E-state index contributed by atoms with van der Waals surface area (Å²) in [6.07, 6.45) is 3.25. The third-order valence-electron chi connectivity index (χ3n) is 5.34. The topological polar surface area (TPSA) is 80.1 Å². The molecule has 0 aromatic carbocycles. The minimum Gasteiger partial charge on any atom is -0.336 e. The van der Waals surface area contributed by atoms with Gasteiger partial charge in [0.25, 0.3) is 0 Å². The van der Waals surface area contributed by atoms with Gasteiger partial charge in [0.05, 0.1) is 12.2 Å². The molecule has 0 spiro atoms. The first-order valence-corrected chi connectivity index (χ1v) is 9.46. The van der Waals surface area contributed by atoms with E-state index in [0.29, 0.717) is 31.9 Å². The van der Waals surface area contributed by atoms with Crippen LogP contribution >= 0.6 is 0 Å². The number of ketones is 1. The molecule has 1 fully saturated rings. The summed E-state index contributed by atoms with van der Waals surface area (Å²) < 4.78 is 1.93. The van der Waals surface area contributed by atoms with Crippen molar-refractivity contribution in [2.45, 2.75) is 40.2 Å². The van der Waals surface area contributed by atoms with Crippen LogP contribution in [0.5, 0.6) is 0 Å². The number of hydrogen-bond acceptors (Lipinski definition) is 4. The number of aromatic nitrogens is 3. The maximum atomic E-state index is 12.6. The fourth-order valence-corrected chi connectivity index (χ4v) is 3.48. The number of likely N-dealkylation sites (tertiary alicyclic amines) is 1. The molecule has 27 heavy (non-hydrogen) atoms.